The Hall–Kier alpha value is -2.89. The van der Waals surface area contributed by atoms with Crippen LogP contribution in [0.15, 0.2) is 48.5 Å². The lowest BCUT2D eigenvalue weighted by molar-refractivity contribution is -0.384. The molecule has 2 fully saturated rings. The van der Waals surface area contributed by atoms with Gasteiger partial charge in [-0.2, -0.15) is 0 Å². The van der Waals surface area contributed by atoms with Gasteiger partial charge in [0.25, 0.3) is 11.6 Å². The first-order valence-corrected chi connectivity index (χ1v) is 9.52. The maximum Gasteiger partial charge on any atom is 0.270 e. The number of nitrogens with one attached hydrogen (secondary N) is 1. The quantitative estimate of drug-likeness (QED) is 0.645. The summed E-state index contributed by atoms with van der Waals surface area (Å²) in [6.07, 6.45) is 4.25. The molecule has 27 heavy (non-hydrogen) atoms. The van der Waals surface area contributed by atoms with Gasteiger partial charge in [0.1, 0.15) is 0 Å². The second-order valence-electron chi connectivity index (χ2n) is 7.34. The topological polar surface area (TPSA) is 75.5 Å². The Morgan fingerprint density at radius 2 is 1.81 bits per heavy atom. The van der Waals surface area contributed by atoms with Crippen molar-refractivity contribution in [1.82, 2.24) is 5.32 Å². The number of piperidine rings is 1. The SMILES string of the molecule is O=C(N[C@@H]1C[C@@H]1c1ccccc1)c1cc([N+](=O)[O-])ccc1N1CCCCC1. The van der Waals surface area contributed by atoms with Crippen molar-refractivity contribution in [3.63, 3.8) is 0 Å². The Bertz CT molecular complexity index is 847. The minimum absolute atomic E-state index is 0.0451. The van der Waals surface area contributed by atoms with Gasteiger partial charge in [-0.25, -0.2) is 0 Å². The summed E-state index contributed by atoms with van der Waals surface area (Å²) >= 11 is 0. The highest BCUT2D eigenvalue weighted by atomic mass is 16.6. The first kappa shape index (κ1) is 17.5. The monoisotopic (exact) mass is 365 g/mol. The van der Waals surface area contributed by atoms with Crippen molar-refractivity contribution in [2.24, 2.45) is 0 Å². The summed E-state index contributed by atoms with van der Waals surface area (Å²) in [5, 5.41) is 14.3. The summed E-state index contributed by atoms with van der Waals surface area (Å²) in [7, 11) is 0. The number of nitro groups is 1. The normalized spacial score (nSPS) is 21.6. The maximum absolute atomic E-state index is 12.9. The Morgan fingerprint density at radius 3 is 2.52 bits per heavy atom. The average Bonchev–Trinajstić information content (AvgIpc) is 3.48. The Labute approximate surface area is 158 Å². The van der Waals surface area contributed by atoms with Crippen molar-refractivity contribution in [3.05, 3.63) is 69.8 Å². The van der Waals surface area contributed by atoms with Gasteiger partial charge in [-0.3, -0.25) is 14.9 Å². The fourth-order valence-electron chi connectivity index (χ4n) is 3.90. The summed E-state index contributed by atoms with van der Waals surface area (Å²) in [6.45, 7) is 1.77. The van der Waals surface area contributed by atoms with Gasteiger partial charge in [-0.05, 0) is 37.3 Å². The molecule has 1 aliphatic heterocycles. The fourth-order valence-corrected chi connectivity index (χ4v) is 3.90. The third-order valence-electron chi connectivity index (χ3n) is 5.47. The number of anilines is 1. The highest BCUT2D eigenvalue weighted by Gasteiger charge is 2.40. The number of carbonyl (C=O) groups excluding carboxylic acids is 1. The molecule has 0 spiro atoms. The molecule has 0 radical (unpaired) electrons. The van der Waals surface area contributed by atoms with Crippen LogP contribution in [0.1, 0.15) is 47.5 Å². The van der Waals surface area contributed by atoms with E-state index in [-0.39, 0.29) is 17.6 Å². The van der Waals surface area contributed by atoms with E-state index in [4.69, 9.17) is 0 Å². The summed E-state index contributed by atoms with van der Waals surface area (Å²) in [5.41, 5.74) is 2.38. The smallest absolute Gasteiger partial charge is 0.270 e. The van der Waals surface area contributed by atoms with E-state index in [2.05, 4.69) is 22.3 Å². The molecular formula is C21H23N3O3. The molecule has 6 nitrogen and oxygen atoms in total. The van der Waals surface area contributed by atoms with Gasteiger partial charge < -0.3 is 10.2 Å². The number of benzene rings is 2. The van der Waals surface area contributed by atoms with Crippen molar-refractivity contribution < 1.29 is 9.72 Å². The summed E-state index contributed by atoms with van der Waals surface area (Å²) in [4.78, 5) is 25.9. The molecule has 0 aromatic heterocycles. The molecule has 4 rings (SSSR count). The van der Waals surface area contributed by atoms with E-state index in [9.17, 15) is 14.9 Å². The molecule has 0 bridgehead atoms. The zero-order valence-corrected chi connectivity index (χ0v) is 15.1. The van der Waals surface area contributed by atoms with Crippen molar-refractivity contribution in [3.8, 4) is 0 Å². The zero-order chi connectivity index (χ0) is 18.8. The van der Waals surface area contributed by atoms with Crippen molar-refractivity contribution in [2.75, 3.05) is 18.0 Å². The van der Waals surface area contributed by atoms with Crippen LogP contribution in [0.5, 0.6) is 0 Å². The van der Waals surface area contributed by atoms with Crippen LogP contribution in [0.3, 0.4) is 0 Å². The first-order chi connectivity index (χ1) is 13.1. The van der Waals surface area contributed by atoms with Crippen LogP contribution >= 0.6 is 0 Å². The standard InChI is InChI=1S/C21H23N3O3/c25-21(22-19-14-17(19)15-7-3-1-4-8-15)18-13-16(24(26)27)9-10-20(18)23-11-5-2-6-12-23/h1,3-4,7-10,13,17,19H,2,5-6,11-12,14H2,(H,22,25)/t17-,19-/m1/s1. The Morgan fingerprint density at radius 1 is 1.07 bits per heavy atom. The second-order valence-corrected chi connectivity index (χ2v) is 7.34. The van der Waals surface area contributed by atoms with E-state index in [1.807, 2.05) is 18.2 Å². The van der Waals surface area contributed by atoms with Gasteiger partial charge >= 0.3 is 0 Å². The lowest BCUT2D eigenvalue weighted by Crippen LogP contribution is -2.33. The average molecular weight is 365 g/mol. The molecule has 2 aliphatic rings. The van der Waals surface area contributed by atoms with Crippen molar-refractivity contribution in [2.45, 2.75) is 37.6 Å². The molecule has 2 aromatic carbocycles. The molecule has 1 amide bonds. The van der Waals surface area contributed by atoms with E-state index in [0.717, 1.165) is 38.0 Å². The number of nitrogens with zero attached hydrogens (tertiary/aromatic N) is 2. The number of carbonyl (C=O) groups is 1. The van der Waals surface area contributed by atoms with Gasteiger partial charge in [0, 0.05) is 37.2 Å². The minimum atomic E-state index is -0.444. The molecule has 1 aliphatic carbocycles. The third-order valence-corrected chi connectivity index (χ3v) is 5.47. The number of amides is 1. The Balaban J connectivity index is 1.54. The van der Waals surface area contributed by atoms with Gasteiger partial charge in [0.05, 0.1) is 16.2 Å². The maximum atomic E-state index is 12.9. The van der Waals surface area contributed by atoms with Gasteiger partial charge in [0.2, 0.25) is 0 Å². The molecule has 2 aromatic rings. The largest absolute Gasteiger partial charge is 0.371 e. The molecule has 0 unspecified atom stereocenters. The van der Waals surface area contributed by atoms with Crippen LogP contribution in [0, 0.1) is 10.1 Å². The van der Waals surface area contributed by atoms with Crippen LogP contribution in [0.25, 0.3) is 0 Å². The molecule has 1 saturated heterocycles. The van der Waals surface area contributed by atoms with E-state index in [1.165, 1.54) is 24.1 Å². The van der Waals surface area contributed by atoms with E-state index in [1.54, 1.807) is 6.07 Å². The number of rotatable bonds is 5. The van der Waals surface area contributed by atoms with Crippen LogP contribution in [-0.4, -0.2) is 30.0 Å². The summed E-state index contributed by atoms with van der Waals surface area (Å²) in [5.74, 6) is 0.106. The number of nitro benzene ring substituents is 1. The number of hydrogen-bond acceptors (Lipinski definition) is 4. The lowest BCUT2D eigenvalue weighted by atomic mass is 10.1. The molecule has 2 atom stereocenters. The number of hydrogen-bond donors (Lipinski definition) is 1. The molecule has 1 heterocycles. The van der Waals surface area contributed by atoms with E-state index >= 15 is 0 Å². The molecule has 1 N–H and O–H groups in total. The number of non-ortho nitro benzene ring substituents is 1. The van der Waals surface area contributed by atoms with E-state index < -0.39 is 4.92 Å². The van der Waals surface area contributed by atoms with E-state index in [0.29, 0.717) is 11.5 Å². The zero-order valence-electron chi connectivity index (χ0n) is 15.1. The predicted molar refractivity (Wildman–Crippen MR) is 104 cm³/mol. The van der Waals surface area contributed by atoms with Crippen LogP contribution in [-0.2, 0) is 0 Å². The van der Waals surface area contributed by atoms with Crippen molar-refractivity contribution >= 4 is 17.3 Å². The second kappa shape index (κ2) is 7.39. The first-order valence-electron chi connectivity index (χ1n) is 9.52. The lowest BCUT2D eigenvalue weighted by Gasteiger charge is -2.30. The Kier molecular flexibility index (Phi) is 4.79. The molecule has 6 heteroatoms. The minimum Gasteiger partial charge on any atom is -0.371 e. The van der Waals surface area contributed by atoms with Crippen LogP contribution in [0.4, 0.5) is 11.4 Å². The highest BCUT2D eigenvalue weighted by molar-refractivity contribution is 6.01. The van der Waals surface area contributed by atoms with Gasteiger partial charge in [0.15, 0.2) is 0 Å². The van der Waals surface area contributed by atoms with Gasteiger partial charge in [-0.15, -0.1) is 0 Å². The molecule has 140 valence electrons. The summed E-state index contributed by atoms with van der Waals surface area (Å²) < 4.78 is 0. The van der Waals surface area contributed by atoms with Crippen molar-refractivity contribution in [1.29, 1.82) is 0 Å². The summed E-state index contributed by atoms with van der Waals surface area (Å²) in [6, 6.07) is 14.8. The third kappa shape index (κ3) is 3.79. The van der Waals surface area contributed by atoms with Gasteiger partial charge in [-0.1, -0.05) is 30.3 Å². The molecule has 1 saturated carbocycles. The van der Waals surface area contributed by atoms with Crippen LogP contribution < -0.4 is 10.2 Å². The predicted octanol–water partition coefficient (Wildman–Crippen LogP) is 3.87. The molecular weight excluding hydrogens is 342 g/mol. The fraction of sp³-hybridized carbons (Fsp3) is 0.381. The highest BCUT2D eigenvalue weighted by Crippen LogP contribution is 2.41. The van der Waals surface area contributed by atoms with Crippen LogP contribution in [0.2, 0.25) is 0 Å².